The number of sulfonamides is 1. The SMILES string of the molecule is CCC(C(=O)NC)N(Cc1c(Cl)cccc1Cl)C(=O)CCCN(C)S(=O)(=O)c1ccccc1. The van der Waals surface area contributed by atoms with Gasteiger partial charge >= 0.3 is 0 Å². The number of benzene rings is 2. The first-order valence-electron chi connectivity index (χ1n) is 10.6. The second-order valence-electron chi connectivity index (χ2n) is 7.50. The Morgan fingerprint density at radius 1 is 1.03 bits per heavy atom. The number of nitrogens with zero attached hydrogens (tertiary/aromatic N) is 2. The number of hydrogen-bond acceptors (Lipinski definition) is 4. The zero-order chi connectivity index (χ0) is 24.6. The molecule has 2 aromatic rings. The van der Waals surface area contributed by atoms with E-state index >= 15 is 0 Å². The van der Waals surface area contributed by atoms with Crippen LogP contribution in [0.15, 0.2) is 53.4 Å². The number of nitrogens with one attached hydrogen (secondary N) is 1. The molecule has 0 aliphatic carbocycles. The second-order valence-corrected chi connectivity index (χ2v) is 10.4. The van der Waals surface area contributed by atoms with Gasteiger partial charge in [-0.1, -0.05) is 54.4 Å². The minimum Gasteiger partial charge on any atom is -0.357 e. The average molecular weight is 514 g/mol. The zero-order valence-electron chi connectivity index (χ0n) is 18.9. The predicted molar refractivity (Wildman–Crippen MR) is 131 cm³/mol. The fourth-order valence-corrected chi connectivity index (χ4v) is 5.18. The first-order valence-corrected chi connectivity index (χ1v) is 12.8. The van der Waals surface area contributed by atoms with Gasteiger partial charge in [0.1, 0.15) is 6.04 Å². The summed E-state index contributed by atoms with van der Waals surface area (Å²) in [6.45, 7) is 2.04. The molecule has 0 saturated carbocycles. The molecule has 1 N–H and O–H groups in total. The molecule has 33 heavy (non-hydrogen) atoms. The third kappa shape index (κ3) is 6.93. The Morgan fingerprint density at radius 2 is 1.64 bits per heavy atom. The van der Waals surface area contributed by atoms with Gasteiger partial charge in [-0.05, 0) is 37.1 Å². The van der Waals surface area contributed by atoms with E-state index in [4.69, 9.17) is 23.2 Å². The molecule has 0 saturated heterocycles. The van der Waals surface area contributed by atoms with E-state index in [2.05, 4.69) is 5.32 Å². The largest absolute Gasteiger partial charge is 0.357 e. The molecule has 1 unspecified atom stereocenters. The number of carbonyl (C=O) groups excluding carboxylic acids is 2. The molecule has 0 radical (unpaired) electrons. The lowest BCUT2D eigenvalue weighted by atomic mass is 10.1. The summed E-state index contributed by atoms with van der Waals surface area (Å²) in [5.41, 5.74) is 0.556. The molecule has 180 valence electrons. The molecule has 0 aliphatic rings. The molecule has 7 nitrogen and oxygen atoms in total. The van der Waals surface area contributed by atoms with E-state index in [1.54, 1.807) is 36.4 Å². The standard InChI is InChI=1S/C23H29Cl2N3O4S/c1-4-21(23(30)26-2)28(16-18-19(24)12-8-13-20(18)25)22(29)14-9-15-27(3)33(31,32)17-10-6-5-7-11-17/h5-8,10-13,21H,4,9,14-16H2,1-3H3,(H,26,30). The highest BCUT2D eigenvalue weighted by Gasteiger charge is 2.29. The second kappa shape index (κ2) is 12.4. The third-order valence-electron chi connectivity index (χ3n) is 5.34. The highest BCUT2D eigenvalue weighted by Crippen LogP contribution is 2.27. The number of likely N-dealkylation sites (N-methyl/N-ethyl adjacent to an activating group) is 1. The minimum absolute atomic E-state index is 0.0597. The van der Waals surface area contributed by atoms with Gasteiger partial charge in [-0.25, -0.2) is 12.7 Å². The Kier molecular flexibility index (Phi) is 10.2. The molecule has 2 aromatic carbocycles. The van der Waals surface area contributed by atoms with Crippen molar-refractivity contribution in [1.29, 1.82) is 0 Å². The van der Waals surface area contributed by atoms with Gasteiger partial charge in [0.2, 0.25) is 21.8 Å². The summed E-state index contributed by atoms with van der Waals surface area (Å²) in [7, 11) is -0.653. The normalized spacial score (nSPS) is 12.4. The molecule has 1 atom stereocenters. The van der Waals surface area contributed by atoms with Crippen LogP contribution in [0.5, 0.6) is 0 Å². The monoisotopic (exact) mass is 513 g/mol. The van der Waals surface area contributed by atoms with Crippen molar-refractivity contribution < 1.29 is 18.0 Å². The first-order chi connectivity index (χ1) is 15.6. The summed E-state index contributed by atoms with van der Waals surface area (Å²) in [5, 5.41) is 3.40. The fourth-order valence-electron chi connectivity index (χ4n) is 3.43. The van der Waals surface area contributed by atoms with Gasteiger partial charge in [0, 0.05) is 49.2 Å². The molecular formula is C23H29Cl2N3O4S. The highest BCUT2D eigenvalue weighted by molar-refractivity contribution is 7.89. The van der Waals surface area contributed by atoms with Crippen molar-refractivity contribution in [3.63, 3.8) is 0 Å². The van der Waals surface area contributed by atoms with E-state index in [9.17, 15) is 18.0 Å². The van der Waals surface area contributed by atoms with Gasteiger partial charge < -0.3 is 10.2 Å². The quantitative estimate of drug-likeness (QED) is 0.492. The van der Waals surface area contributed by atoms with Crippen molar-refractivity contribution in [2.24, 2.45) is 0 Å². The Hall–Kier alpha value is -2.13. The molecule has 0 heterocycles. The maximum atomic E-state index is 13.2. The maximum Gasteiger partial charge on any atom is 0.242 e. The van der Waals surface area contributed by atoms with Crippen molar-refractivity contribution in [3.8, 4) is 0 Å². The van der Waals surface area contributed by atoms with Crippen LogP contribution in [-0.4, -0.2) is 56.1 Å². The van der Waals surface area contributed by atoms with E-state index in [0.717, 1.165) is 0 Å². The van der Waals surface area contributed by atoms with Crippen LogP contribution in [0.4, 0.5) is 0 Å². The molecule has 2 rings (SSSR count). The van der Waals surface area contributed by atoms with Crippen LogP contribution in [0.1, 0.15) is 31.7 Å². The van der Waals surface area contributed by atoms with Gasteiger partial charge in [0.15, 0.2) is 0 Å². The molecule has 0 aliphatic heterocycles. The number of hydrogen-bond donors (Lipinski definition) is 1. The van der Waals surface area contributed by atoms with Crippen LogP contribution < -0.4 is 5.32 Å². The van der Waals surface area contributed by atoms with Crippen LogP contribution in [0.2, 0.25) is 10.0 Å². The number of rotatable bonds is 11. The Morgan fingerprint density at radius 3 is 2.18 bits per heavy atom. The topological polar surface area (TPSA) is 86.8 Å². The van der Waals surface area contributed by atoms with E-state index in [0.29, 0.717) is 28.5 Å². The van der Waals surface area contributed by atoms with Crippen LogP contribution in [0.25, 0.3) is 0 Å². The summed E-state index contributed by atoms with van der Waals surface area (Å²) in [6.07, 6.45) is 0.748. The molecule has 10 heteroatoms. The highest BCUT2D eigenvalue weighted by atomic mass is 35.5. The maximum absolute atomic E-state index is 13.2. The summed E-state index contributed by atoms with van der Waals surface area (Å²) in [5.74, 6) is -0.579. The van der Waals surface area contributed by atoms with Crippen LogP contribution in [-0.2, 0) is 26.2 Å². The first kappa shape index (κ1) is 27.1. The van der Waals surface area contributed by atoms with Gasteiger partial charge in [-0.2, -0.15) is 0 Å². The molecule has 0 fully saturated rings. The summed E-state index contributed by atoms with van der Waals surface area (Å²) in [4.78, 5) is 27.3. The van der Waals surface area contributed by atoms with Crippen molar-refractivity contribution in [2.45, 2.75) is 43.7 Å². The smallest absolute Gasteiger partial charge is 0.242 e. The zero-order valence-corrected chi connectivity index (χ0v) is 21.3. The predicted octanol–water partition coefficient (Wildman–Crippen LogP) is 3.95. The average Bonchev–Trinajstić information content (AvgIpc) is 2.80. The lowest BCUT2D eigenvalue weighted by Crippen LogP contribution is -2.48. The van der Waals surface area contributed by atoms with E-state index < -0.39 is 16.1 Å². The number of amides is 2. The Labute approximate surface area is 205 Å². The lowest BCUT2D eigenvalue weighted by Gasteiger charge is -2.31. The molecule has 0 aromatic heterocycles. The fraction of sp³-hybridized carbons (Fsp3) is 0.391. The van der Waals surface area contributed by atoms with Gasteiger partial charge in [-0.3, -0.25) is 9.59 Å². The number of halogens is 2. The third-order valence-corrected chi connectivity index (χ3v) is 7.92. The van der Waals surface area contributed by atoms with E-state index in [-0.39, 0.29) is 36.2 Å². The number of carbonyl (C=O) groups is 2. The van der Waals surface area contributed by atoms with Crippen molar-refractivity contribution in [1.82, 2.24) is 14.5 Å². The Balaban J connectivity index is 2.15. The van der Waals surface area contributed by atoms with Gasteiger partial charge in [-0.15, -0.1) is 0 Å². The van der Waals surface area contributed by atoms with Crippen molar-refractivity contribution in [2.75, 3.05) is 20.6 Å². The van der Waals surface area contributed by atoms with Gasteiger partial charge in [0.25, 0.3) is 0 Å². The minimum atomic E-state index is -3.65. The van der Waals surface area contributed by atoms with Crippen molar-refractivity contribution in [3.05, 3.63) is 64.1 Å². The Bertz CT molecular complexity index is 1040. The lowest BCUT2D eigenvalue weighted by molar-refractivity contribution is -0.141. The summed E-state index contributed by atoms with van der Waals surface area (Å²) in [6, 6.07) is 12.5. The van der Waals surface area contributed by atoms with E-state index in [1.165, 1.54) is 35.4 Å². The molecule has 2 amide bonds. The summed E-state index contributed by atoms with van der Waals surface area (Å²) < 4.78 is 26.6. The van der Waals surface area contributed by atoms with Crippen LogP contribution in [0.3, 0.4) is 0 Å². The molecule has 0 bridgehead atoms. The molecular weight excluding hydrogens is 485 g/mol. The van der Waals surface area contributed by atoms with Crippen molar-refractivity contribution >= 4 is 45.0 Å². The van der Waals surface area contributed by atoms with E-state index in [1.807, 2.05) is 6.92 Å². The molecule has 0 spiro atoms. The summed E-state index contributed by atoms with van der Waals surface area (Å²) >= 11 is 12.6. The van der Waals surface area contributed by atoms with Crippen LogP contribution >= 0.6 is 23.2 Å². The van der Waals surface area contributed by atoms with Gasteiger partial charge in [0.05, 0.1) is 4.90 Å². The van der Waals surface area contributed by atoms with Crippen LogP contribution in [0, 0.1) is 0 Å².